The van der Waals surface area contributed by atoms with Crippen LogP contribution in [0.25, 0.3) is 10.8 Å². The Balaban J connectivity index is 1.86. The number of para-hydroxylation sites is 1. The molecule has 0 bridgehead atoms. The molecule has 0 radical (unpaired) electrons. The van der Waals surface area contributed by atoms with Gasteiger partial charge in [0, 0.05) is 5.69 Å². The van der Waals surface area contributed by atoms with Crippen molar-refractivity contribution in [1.82, 2.24) is 0 Å². The average molecular weight is 397 g/mol. The smallest absolute Gasteiger partial charge is 0.245 e. The van der Waals surface area contributed by atoms with E-state index in [1.807, 2.05) is 68.4 Å². The van der Waals surface area contributed by atoms with Crippen LogP contribution in [0.3, 0.4) is 0 Å². The number of hydrogen-bond acceptors (Lipinski definition) is 3. The van der Waals surface area contributed by atoms with Crippen molar-refractivity contribution in [3.05, 3.63) is 72.3 Å². The number of hydrogen-bond donors (Lipinski definition) is 1. The second-order valence-electron chi connectivity index (χ2n) is 7.09. The van der Waals surface area contributed by atoms with Crippen molar-refractivity contribution in [2.24, 2.45) is 0 Å². The van der Waals surface area contributed by atoms with Gasteiger partial charge in [-0.3, -0.25) is 9.10 Å². The number of nitrogens with one attached hydrogen (secondary N) is 1. The molecule has 1 N–H and O–H groups in total. The van der Waals surface area contributed by atoms with Gasteiger partial charge in [-0.2, -0.15) is 0 Å². The number of sulfonamides is 1. The predicted molar refractivity (Wildman–Crippen MR) is 115 cm³/mol. The highest BCUT2D eigenvalue weighted by atomic mass is 32.2. The normalized spacial score (nSPS) is 11.6. The Hall–Kier alpha value is -2.86. The van der Waals surface area contributed by atoms with Gasteiger partial charge in [0.05, 0.1) is 11.9 Å². The van der Waals surface area contributed by atoms with Crippen molar-refractivity contribution in [2.45, 2.75) is 19.8 Å². The molecule has 3 aromatic rings. The standard InChI is InChI=1S/C22H24N2O3S/c1-16(2)20-10-6-7-11-21(20)24(28(3,26)27)15-22(25)23-19-13-12-17-8-4-5-9-18(17)14-19/h4-14,16H,15H2,1-3H3,(H,23,25). The number of anilines is 2. The zero-order valence-electron chi connectivity index (χ0n) is 16.2. The Morgan fingerprint density at radius 1 is 0.964 bits per heavy atom. The van der Waals surface area contributed by atoms with Crippen LogP contribution in [0, 0.1) is 0 Å². The Morgan fingerprint density at radius 3 is 2.29 bits per heavy atom. The number of carbonyl (C=O) groups is 1. The summed E-state index contributed by atoms with van der Waals surface area (Å²) < 4.78 is 26.0. The van der Waals surface area contributed by atoms with Crippen LogP contribution in [0.1, 0.15) is 25.3 Å². The fourth-order valence-electron chi connectivity index (χ4n) is 3.18. The fourth-order valence-corrected chi connectivity index (χ4v) is 4.06. The van der Waals surface area contributed by atoms with Crippen molar-refractivity contribution in [2.75, 3.05) is 22.4 Å². The number of nitrogens with zero attached hydrogens (tertiary/aromatic N) is 1. The van der Waals surface area contributed by atoms with Gasteiger partial charge in [-0.1, -0.05) is 62.4 Å². The Morgan fingerprint density at radius 2 is 1.61 bits per heavy atom. The first kappa shape index (κ1) is 19.9. The quantitative estimate of drug-likeness (QED) is 0.673. The van der Waals surface area contributed by atoms with Crippen molar-refractivity contribution in [1.29, 1.82) is 0 Å². The van der Waals surface area contributed by atoms with Gasteiger partial charge < -0.3 is 5.32 Å². The summed E-state index contributed by atoms with van der Waals surface area (Å²) in [5, 5.41) is 4.89. The van der Waals surface area contributed by atoms with E-state index in [2.05, 4.69) is 5.32 Å². The Bertz CT molecular complexity index is 1110. The highest BCUT2D eigenvalue weighted by Crippen LogP contribution is 2.29. The summed E-state index contributed by atoms with van der Waals surface area (Å²) in [7, 11) is -3.62. The molecule has 0 fully saturated rings. The summed E-state index contributed by atoms with van der Waals surface area (Å²) in [6.45, 7) is 3.71. The van der Waals surface area contributed by atoms with E-state index in [0.29, 0.717) is 11.4 Å². The first-order chi connectivity index (χ1) is 13.3. The lowest BCUT2D eigenvalue weighted by atomic mass is 10.0. The molecule has 5 nitrogen and oxygen atoms in total. The molecule has 0 saturated carbocycles. The molecule has 6 heteroatoms. The van der Waals surface area contributed by atoms with Crippen LogP contribution in [0.15, 0.2) is 66.7 Å². The molecular formula is C22H24N2O3S. The average Bonchev–Trinajstić information content (AvgIpc) is 2.65. The number of benzene rings is 3. The third-order valence-electron chi connectivity index (χ3n) is 4.55. The van der Waals surface area contributed by atoms with Gasteiger partial charge in [-0.25, -0.2) is 8.42 Å². The van der Waals surface area contributed by atoms with E-state index in [1.54, 1.807) is 12.1 Å². The van der Waals surface area contributed by atoms with Gasteiger partial charge in [0.1, 0.15) is 6.54 Å². The van der Waals surface area contributed by atoms with E-state index in [0.717, 1.165) is 22.6 Å². The number of rotatable bonds is 6. The van der Waals surface area contributed by atoms with Gasteiger partial charge in [0.25, 0.3) is 0 Å². The molecule has 0 unspecified atom stereocenters. The summed E-state index contributed by atoms with van der Waals surface area (Å²) >= 11 is 0. The van der Waals surface area contributed by atoms with E-state index in [1.165, 1.54) is 4.31 Å². The number of amides is 1. The minimum absolute atomic E-state index is 0.129. The van der Waals surface area contributed by atoms with Crippen molar-refractivity contribution in [3.63, 3.8) is 0 Å². The Labute approximate surface area is 166 Å². The molecule has 0 aliphatic heterocycles. The molecule has 0 aromatic heterocycles. The largest absolute Gasteiger partial charge is 0.324 e. The van der Waals surface area contributed by atoms with Crippen LogP contribution in [0.4, 0.5) is 11.4 Å². The molecule has 0 atom stereocenters. The van der Waals surface area contributed by atoms with E-state index >= 15 is 0 Å². The van der Waals surface area contributed by atoms with Gasteiger partial charge in [0.15, 0.2) is 0 Å². The highest BCUT2D eigenvalue weighted by Gasteiger charge is 2.24. The number of carbonyl (C=O) groups excluding carboxylic acids is 1. The second kappa shape index (κ2) is 8.02. The van der Waals surface area contributed by atoms with Gasteiger partial charge in [-0.15, -0.1) is 0 Å². The molecule has 0 spiro atoms. The molecule has 0 aliphatic carbocycles. The third kappa shape index (κ3) is 4.51. The van der Waals surface area contributed by atoms with Crippen LogP contribution in [-0.4, -0.2) is 27.1 Å². The van der Waals surface area contributed by atoms with Gasteiger partial charge >= 0.3 is 0 Å². The summed E-state index contributed by atoms with van der Waals surface area (Å²) in [4.78, 5) is 12.6. The zero-order chi connectivity index (χ0) is 20.3. The summed E-state index contributed by atoms with van der Waals surface area (Å²) in [6, 6.07) is 20.7. The van der Waals surface area contributed by atoms with Gasteiger partial charge in [-0.05, 0) is 40.5 Å². The van der Waals surface area contributed by atoms with Crippen LogP contribution in [0.5, 0.6) is 0 Å². The fraction of sp³-hybridized carbons (Fsp3) is 0.227. The van der Waals surface area contributed by atoms with E-state index in [9.17, 15) is 13.2 Å². The lowest BCUT2D eigenvalue weighted by molar-refractivity contribution is -0.114. The topological polar surface area (TPSA) is 66.5 Å². The van der Waals surface area contributed by atoms with Crippen LogP contribution < -0.4 is 9.62 Å². The SMILES string of the molecule is CC(C)c1ccccc1N(CC(=O)Nc1ccc2ccccc2c1)S(C)(=O)=O. The van der Waals surface area contributed by atoms with E-state index < -0.39 is 10.0 Å². The maximum absolute atomic E-state index is 12.6. The van der Waals surface area contributed by atoms with Crippen molar-refractivity contribution < 1.29 is 13.2 Å². The molecule has 28 heavy (non-hydrogen) atoms. The molecule has 1 amide bonds. The molecular weight excluding hydrogens is 372 g/mol. The molecule has 3 rings (SSSR count). The summed E-state index contributed by atoms with van der Waals surface area (Å²) in [5.41, 5.74) is 2.05. The Kier molecular flexibility index (Phi) is 5.70. The number of fused-ring (bicyclic) bond motifs is 1. The molecule has 146 valence electrons. The maximum Gasteiger partial charge on any atom is 0.245 e. The minimum Gasteiger partial charge on any atom is -0.324 e. The monoisotopic (exact) mass is 396 g/mol. The molecule has 0 saturated heterocycles. The zero-order valence-corrected chi connectivity index (χ0v) is 17.0. The van der Waals surface area contributed by atoms with Crippen LogP contribution >= 0.6 is 0 Å². The van der Waals surface area contributed by atoms with Crippen LogP contribution in [-0.2, 0) is 14.8 Å². The van der Waals surface area contributed by atoms with E-state index in [4.69, 9.17) is 0 Å². The first-order valence-corrected chi connectivity index (χ1v) is 11.0. The lowest BCUT2D eigenvalue weighted by Crippen LogP contribution is -2.38. The third-order valence-corrected chi connectivity index (χ3v) is 5.67. The molecule has 0 aliphatic rings. The lowest BCUT2D eigenvalue weighted by Gasteiger charge is -2.25. The summed E-state index contributed by atoms with van der Waals surface area (Å²) in [5.74, 6) is -0.261. The highest BCUT2D eigenvalue weighted by molar-refractivity contribution is 7.92. The molecule has 3 aromatic carbocycles. The van der Waals surface area contributed by atoms with Crippen molar-refractivity contribution >= 4 is 38.1 Å². The second-order valence-corrected chi connectivity index (χ2v) is 9.00. The van der Waals surface area contributed by atoms with Gasteiger partial charge in [0.2, 0.25) is 15.9 Å². The van der Waals surface area contributed by atoms with Crippen LogP contribution in [0.2, 0.25) is 0 Å². The maximum atomic E-state index is 12.6. The van der Waals surface area contributed by atoms with Crippen molar-refractivity contribution in [3.8, 4) is 0 Å². The molecule has 0 heterocycles. The van der Waals surface area contributed by atoms with E-state index in [-0.39, 0.29) is 18.4 Å². The minimum atomic E-state index is -3.62. The first-order valence-electron chi connectivity index (χ1n) is 9.11. The predicted octanol–water partition coefficient (Wildman–Crippen LogP) is 4.37. The summed E-state index contributed by atoms with van der Waals surface area (Å²) in [6.07, 6.45) is 1.12.